The van der Waals surface area contributed by atoms with E-state index >= 15 is 0 Å². The molecular weight excluding hydrogens is 527 g/mol. The van der Waals surface area contributed by atoms with Crippen molar-refractivity contribution in [1.82, 2.24) is 24.8 Å². The molecular formula is C21H19F5N6O4S. The van der Waals surface area contributed by atoms with Crippen molar-refractivity contribution in [3.05, 3.63) is 53.2 Å². The van der Waals surface area contributed by atoms with E-state index in [-0.39, 0.29) is 21.3 Å². The standard InChI is InChI=1S/C21H19F5N6O4S/c1-10-13(7-29-15-9-28-14(8-30-15)19(22,23)24)32(21(34,35)20(25,26)36-10)18(33)16-17(37-11(2)31-16)12-5-3-4-6-27-12/h3-6,8-10,13,34-35H,7H2,1-2H3,(H,29,30). The van der Waals surface area contributed by atoms with E-state index in [0.29, 0.717) is 16.9 Å². The van der Waals surface area contributed by atoms with Crippen molar-refractivity contribution in [3.63, 3.8) is 0 Å². The number of nitrogens with zero attached hydrogens (tertiary/aromatic N) is 5. The summed E-state index contributed by atoms with van der Waals surface area (Å²) < 4.78 is 71.9. The van der Waals surface area contributed by atoms with E-state index in [1.54, 1.807) is 25.1 Å². The van der Waals surface area contributed by atoms with Crippen LogP contribution in [0.25, 0.3) is 10.6 Å². The Morgan fingerprint density at radius 3 is 2.54 bits per heavy atom. The molecule has 1 amide bonds. The number of alkyl halides is 5. The molecule has 1 saturated heterocycles. The van der Waals surface area contributed by atoms with Crippen molar-refractivity contribution < 1.29 is 41.7 Å². The Morgan fingerprint density at radius 1 is 1.22 bits per heavy atom. The Labute approximate surface area is 209 Å². The van der Waals surface area contributed by atoms with Gasteiger partial charge in [-0.1, -0.05) is 6.07 Å². The molecule has 1 fully saturated rings. The van der Waals surface area contributed by atoms with Gasteiger partial charge in [-0.2, -0.15) is 22.0 Å². The molecule has 0 radical (unpaired) electrons. The van der Waals surface area contributed by atoms with Gasteiger partial charge in [0.25, 0.3) is 5.91 Å². The van der Waals surface area contributed by atoms with Crippen molar-refractivity contribution in [1.29, 1.82) is 0 Å². The topological polar surface area (TPSA) is 134 Å². The molecule has 0 bridgehead atoms. The van der Waals surface area contributed by atoms with Crippen LogP contribution >= 0.6 is 11.3 Å². The molecule has 198 valence electrons. The number of thiazole rings is 1. The van der Waals surface area contributed by atoms with Gasteiger partial charge in [0.1, 0.15) is 11.5 Å². The van der Waals surface area contributed by atoms with Crippen molar-refractivity contribution in [2.75, 3.05) is 11.9 Å². The molecule has 0 saturated carbocycles. The minimum absolute atomic E-state index is 0.132. The molecule has 1 aliphatic heterocycles. The van der Waals surface area contributed by atoms with Gasteiger partial charge in [-0.25, -0.2) is 15.0 Å². The summed E-state index contributed by atoms with van der Waals surface area (Å²) in [6.45, 7) is 2.26. The van der Waals surface area contributed by atoms with Crippen molar-refractivity contribution in [2.45, 2.75) is 44.2 Å². The molecule has 2 atom stereocenters. The molecule has 3 aromatic heterocycles. The molecule has 0 spiro atoms. The molecule has 10 nitrogen and oxygen atoms in total. The van der Waals surface area contributed by atoms with Crippen molar-refractivity contribution >= 4 is 23.1 Å². The lowest BCUT2D eigenvalue weighted by Gasteiger charge is -2.50. The number of hydrogen-bond acceptors (Lipinski definition) is 10. The number of pyridine rings is 1. The summed E-state index contributed by atoms with van der Waals surface area (Å²) in [5.41, 5.74) is -1.30. The summed E-state index contributed by atoms with van der Waals surface area (Å²) in [5.74, 6) is -5.55. The Kier molecular flexibility index (Phi) is 6.87. The highest BCUT2D eigenvalue weighted by Crippen LogP contribution is 2.41. The molecule has 3 aromatic rings. The number of hydrogen-bond donors (Lipinski definition) is 3. The van der Waals surface area contributed by atoms with Gasteiger partial charge in [0.05, 0.1) is 40.1 Å². The Hall–Kier alpha value is -3.34. The average Bonchev–Trinajstić information content (AvgIpc) is 3.22. The zero-order chi connectivity index (χ0) is 27.2. The second kappa shape index (κ2) is 9.51. The lowest BCUT2D eigenvalue weighted by Crippen LogP contribution is -2.74. The first-order chi connectivity index (χ1) is 17.2. The molecule has 4 rings (SSSR count). The molecule has 1 aliphatic rings. The number of anilines is 1. The zero-order valence-corrected chi connectivity index (χ0v) is 19.9. The summed E-state index contributed by atoms with van der Waals surface area (Å²) in [5, 5.41) is 23.8. The fourth-order valence-corrected chi connectivity index (χ4v) is 4.54. The van der Waals surface area contributed by atoms with E-state index in [9.17, 15) is 37.0 Å². The maximum absolute atomic E-state index is 14.6. The minimum atomic E-state index is -4.73. The third-order valence-electron chi connectivity index (χ3n) is 5.42. The highest BCUT2D eigenvalue weighted by Gasteiger charge is 2.66. The number of ether oxygens (including phenoxy) is 1. The molecule has 3 N–H and O–H groups in total. The molecule has 37 heavy (non-hydrogen) atoms. The normalized spacial score (nSPS) is 21.1. The highest BCUT2D eigenvalue weighted by molar-refractivity contribution is 7.15. The van der Waals surface area contributed by atoms with Crippen molar-refractivity contribution in [2.24, 2.45) is 0 Å². The fourth-order valence-electron chi connectivity index (χ4n) is 3.65. The zero-order valence-electron chi connectivity index (χ0n) is 19.1. The summed E-state index contributed by atoms with van der Waals surface area (Å²) in [6, 6.07) is 3.36. The van der Waals surface area contributed by atoms with Gasteiger partial charge in [-0.05, 0) is 26.0 Å². The van der Waals surface area contributed by atoms with Crippen LogP contribution in [0.3, 0.4) is 0 Å². The number of aromatic nitrogens is 4. The van der Waals surface area contributed by atoms with E-state index in [4.69, 9.17) is 0 Å². The number of morpholine rings is 1. The summed E-state index contributed by atoms with van der Waals surface area (Å²) in [6.07, 6.45) is -8.13. The highest BCUT2D eigenvalue weighted by atomic mass is 32.1. The van der Waals surface area contributed by atoms with Crippen LogP contribution in [-0.4, -0.2) is 71.7 Å². The molecule has 2 unspecified atom stereocenters. The van der Waals surface area contributed by atoms with Gasteiger partial charge in [0.2, 0.25) is 0 Å². The van der Waals surface area contributed by atoms with Gasteiger partial charge in [-0.15, -0.1) is 11.3 Å². The van der Waals surface area contributed by atoms with Crippen LogP contribution in [0.2, 0.25) is 0 Å². The maximum Gasteiger partial charge on any atom is 0.434 e. The maximum atomic E-state index is 14.6. The van der Waals surface area contributed by atoms with Crippen LogP contribution in [0.4, 0.5) is 27.8 Å². The van der Waals surface area contributed by atoms with E-state index in [2.05, 4.69) is 30.0 Å². The van der Waals surface area contributed by atoms with Gasteiger partial charge < -0.3 is 20.3 Å². The first-order valence-corrected chi connectivity index (χ1v) is 11.4. The third-order valence-corrected chi connectivity index (χ3v) is 6.41. The minimum Gasteiger partial charge on any atom is -0.367 e. The van der Waals surface area contributed by atoms with Gasteiger partial charge >= 0.3 is 18.2 Å². The summed E-state index contributed by atoms with van der Waals surface area (Å²) >= 11 is 1.05. The monoisotopic (exact) mass is 546 g/mol. The predicted octanol–water partition coefficient (Wildman–Crippen LogP) is 2.90. The molecule has 4 heterocycles. The van der Waals surface area contributed by atoms with Gasteiger partial charge in [0, 0.05) is 12.7 Å². The van der Waals surface area contributed by atoms with E-state index in [0.717, 1.165) is 17.5 Å². The molecule has 0 aliphatic carbocycles. The number of nitrogens with one attached hydrogen (secondary N) is 1. The van der Waals surface area contributed by atoms with Crippen LogP contribution in [0.5, 0.6) is 0 Å². The molecule has 16 heteroatoms. The number of aryl methyl sites for hydroxylation is 1. The Balaban J connectivity index is 1.69. The lowest BCUT2D eigenvalue weighted by molar-refractivity contribution is -0.473. The number of aliphatic hydroxyl groups is 2. The van der Waals surface area contributed by atoms with Crippen LogP contribution in [0, 0.1) is 6.92 Å². The van der Waals surface area contributed by atoms with E-state index in [1.165, 1.54) is 13.1 Å². The number of amides is 1. The third kappa shape index (κ3) is 5.09. The van der Waals surface area contributed by atoms with Crippen LogP contribution in [0.1, 0.15) is 28.1 Å². The number of halogens is 5. The van der Waals surface area contributed by atoms with Gasteiger partial charge in [0.15, 0.2) is 5.69 Å². The van der Waals surface area contributed by atoms with E-state index < -0.39 is 48.5 Å². The van der Waals surface area contributed by atoms with Gasteiger partial charge in [-0.3, -0.25) is 14.7 Å². The van der Waals surface area contributed by atoms with Crippen LogP contribution in [-0.2, 0) is 10.9 Å². The number of rotatable bonds is 5. The smallest absolute Gasteiger partial charge is 0.367 e. The fraction of sp³-hybridized carbons (Fsp3) is 0.381. The second-order valence-corrected chi connectivity index (χ2v) is 9.21. The Bertz CT molecular complexity index is 1270. The predicted molar refractivity (Wildman–Crippen MR) is 118 cm³/mol. The average molecular weight is 546 g/mol. The quantitative estimate of drug-likeness (QED) is 0.326. The van der Waals surface area contributed by atoms with Crippen LogP contribution < -0.4 is 5.32 Å². The van der Waals surface area contributed by atoms with Crippen LogP contribution in [0.15, 0.2) is 36.8 Å². The number of carbonyl (C=O) groups excluding carboxylic acids is 1. The Morgan fingerprint density at radius 2 is 1.95 bits per heavy atom. The molecule has 0 aromatic carbocycles. The summed E-state index contributed by atoms with van der Waals surface area (Å²) in [7, 11) is 0. The van der Waals surface area contributed by atoms with Crippen molar-refractivity contribution in [3.8, 4) is 10.6 Å². The second-order valence-electron chi connectivity index (χ2n) is 8.01. The summed E-state index contributed by atoms with van der Waals surface area (Å²) in [4.78, 5) is 29.0. The first kappa shape index (κ1) is 26.7. The SMILES string of the molecule is Cc1nc(C(=O)N2C(CNc3cnc(C(F)(F)F)cn3)C(C)OC(F)(F)C2(O)O)c(-c2ccccn2)s1. The van der Waals surface area contributed by atoms with E-state index in [1.807, 2.05) is 0 Å². The lowest BCUT2D eigenvalue weighted by atomic mass is 10.0. The largest absolute Gasteiger partial charge is 0.434 e. The first-order valence-electron chi connectivity index (χ1n) is 10.6. The number of carbonyl (C=O) groups is 1.